The van der Waals surface area contributed by atoms with Gasteiger partial charge in [0.1, 0.15) is 10.6 Å². The average Bonchev–Trinajstić information content (AvgIpc) is 2.28. The molecule has 1 aromatic rings. The molecule has 1 rings (SSSR count). The van der Waals surface area contributed by atoms with E-state index in [2.05, 4.69) is 36.3 Å². The summed E-state index contributed by atoms with van der Waals surface area (Å²) in [6.45, 7) is 6.23. The Hall–Kier alpha value is -1.15. The van der Waals surface area contributed by atoms with E-state index in [4.69, 9.17) is 0 Å². The number of nitrogens with zero attached hydrogens (tertiary/aromatic N) is 3. The fourth-order valence-electron chi connectivity index (χ4n) is 0.500. The number of hydrogen-bond acceptors (Lipinski definition) is 2. The van der Waals surface area contributed by atoms with Crippen LogP contribution in [0.3, 0.4) is 0 Å². The summed E-state index contributed by atoms with van der Waals surface area (Å²) in [5.41, 5.74) is 0.0590. The first-order valence-corrected chi connectivity index (χ1v) is 3.76. The molecule has 0 fully saturated rings. The lowest BCUT2D eigenvalue weighted by atomic mass is 10.1. The van der Waals surface area contributed by atoms with Crippen LogP contribution in [-0.2, 0) is 5.54 Å². The van der Waals surface area contributed by atoms with Crippen molar-refractivity contribution in [2.24, 2.45) is 0 Å². The molecule has 1 aromatic heterocycles. The van der Waals surface area contributed by atoms with Crippen LogP contribution in [0, 0.1) is 0 Å². The lowest BCUT2D eigenvalue weighted by molar-refractivity contribution is -0.806. The predicted molar refractivity (Wildman–Crippen MR) is 41.8 cm³/mol. The molecule has 0 aromatic carbocycles. The van der Waals surface area contributed by atoms with Gasteiger partial charge in [0.05, 0.1) is 0 Å². The molecule has 0 saturated carbocycles. The van der Waals surface area contributed by atoms with Gasteiger partial charge in [-0.2, -0.15) is 4.68 Å². The summed E-state index contributed by atoms with van der Waals surface area (Å²) >= 11 is 0. The molecule has 0 aliphatic heterocycles. The van der Waals surface area contributed by atoms with E-state index in [0.717, 1.165) is 0 Å². The fourth-order valence-corrected chi connectivity index (χ4v) is 0.500. The molecule has 1 N–H and O–H groups in total. The van der Waals surface area contributed by atoms with Gasteiger partial charge in [0, 0.05) is 0 Å². The molecule has 0 aliphatic carbocycles. The number of rotatable bonds is 0. The van der Waals surface area contributed by atoms with Gasteiger partial charge in [-0.1, -0.05) is 5.21 Å². The second kappa shape index (κ2) is 4.38. The Labute approximate surface area is 78.4 Å². The molecule has 0 amide bonds. The summed E-state index contributed by atoms with van der Waals surface area (Å²) in [6.07, 6.45) is 1.67. The Morgan fingerprint density at radius 2 is 1.64 bits per heavy atom. The van der Waals surface area contributed by atoms with Crippen molar-refractivity contribution in [1.82, 2.24) is 15.5 Å². The maximum atomic E-state index is 9.75. The van der Waals surface area contributed by atoms with Gasteiger partial charge in [0.2, 0.25) is 0 Å². The van der Waals surface area contributed by atoms with E-state index in [1.54, 1.807) is 6.33 Å². The molecule has 82 valence electrons. The second-order valence-electron chi connectivity index (χ2n) is 3.47. The number of H-pyrrole nitrogens is 1. The first-order valence-electron chi connectivity index (χ1n) is 3.76. The van der Waals surface area contributed by atoms with Crippen LogP contribution in [0.4, 0.5) is 17.3 Å². The summed E-state index contributed by atoms with van der Waals surface area (Å²) < 4.78 is 40.8. The Balaban J connectivity index is 0.000000292. The summed E-state index contributed by atoms with van der Waals surface area (Å²) in [6, 6.07) is 0. The van der Waals surface area contributed by atoms with Gasteiger partial charge >= 0.3 is 7.25 Å². The third-order valence-corrected chi connectivity index (χ3v) is 1.10. The van der Waals surface area contributed by atoms with E-state index >= 15 is 0 Å². The number of halogens is 4. The predicted octanol–water partition coefficient (Wildman–Crippen LogP) is 1.15. The van der Waals surface area contributed by atoms with E-state index in [-0.39, 0.29) is 5.54 Å². The van der Waals surface area contributed by atoms with Crippen LogP contribution in [0.1, 0.15) is 20.8 Å². The topological polar surface area (TPSA) is 45.5 Å². The molecule has 14 heavy (non-hydrogen) atoms. The smallest absolute Gasteiger partial charge is 0.418 e. The van der Waals surface area contributed by atoms with Gasteiger partial charge in [-0.25, -0.2) is 0 Å². The van der Waals surface area contributed by atoms with E-state index in [1.807, 2.05) is 4.68 Å². The standard InChI is InChI=1S/C5H10N4.BF4/c1-5(2,3)9-4-6-7-8-9;2-1(3,4)5/h4H,1-3H3;/q;-1/p+1. The average molecular weight is 214 g/mol. The Bertz CT molecular complexity index is 246. The van der Waals surface area contributed by atoms with Crippen molar-refractivity contribution in [2.45, 2.75) is 26.3 Å². The highest BCUT2D eigenvalue weighted by atomic mass is 19.5. The number of aromatic amines is 1. The zero-order chi connectivity index (χ0) is 11.4. The maximum Gasteiger partial charge on any atom is 0.673 e. The molecule has 0 atom stereocenters. The van der Waals surface area contributed by atoms with E-state index in [1.165, 1.54) is 0 Å². The summed E-state index contributed by atoms with van der Waals surface area (Å²) in [5.74, 6) is 0. The zero-order valence-electron chi connectivity index (χ0n) is 8.01. The molecular weight excluding hydrogens is 203 g/mol. The van der Waals surface area contributed by atoms with Gasteiger partial charge in [0.15, 0.2) is 5.21 Å². The Morgan fingerprint density at radius 3 is 1.79 bits per heavy atom. The Morgan fingerprint density at radius 1 is 1.21 bits per heavy atom. The highest BCUT2D eigenvalue weighted by Crippen LogP contribution is 2.06. The number of nitrogens with one attached hydrogen (secondary N) is 1. The van der Waals surface area contributed by atoms with E-state index in [9.17, 15) is 17.3 Å². The lowest BCUT2D eigenvalue weighted by Gasteiger charge is -2.11. The van der Waals surface area contributed by atoms with Crippen molar-refractivity contribution in [1.29, 1.82) is 0 Å². The van der Waals surface area contributed by atoms with Crippen LogP contribution in [0.5, 0.6) is 0 Å². The summed E-state index contributed by atoms with van der Waals surface area (Å²) in [5, 5.41) is 9.96. The maximum absolute atomic E-state index is 9.75. The number of hydrogen-bond donors (Lipinski definition) is 1. The van der Waals surface area contributed by atoms with Crippen molar-refractivity contribution >= 4 is 7.25 Å². The molecule has 0 bridgehead atoms. The van der Waals surface area contributed by atoms with Gasteiger partial charge in [-0.05, 0) is 20.8 Å². The molecule has 0 spiro atoms. The van der Waals surface area contributed by atoms with E-state index < -0.39 is 7.25 Å². The first kappa shape index (κ1) is 12.9. The monoisotopic (exact) mass is 214 g/mol. The van der Waals surface area contributed by atoms with Crippen LogP contribution in [-0.4, -0.2) is 22.8 Å². The van der Waals surface area contributed by atoms with Gasteiger partial charge in [-0.3, -0.25) is 0 Å². The van der Waals surface area contributed by atoms with Crippen molar-refractivity contribution in [2.75, 3.05) is 0 Å². The third-order valence-electron chi connectivity index (χ3n) is 1.10. The van der Waals surface area contributed by atoms with Gasteiger partial charge in [-0.15, -0.1) is 0 Å². The molecule has 4 nitrogen and oxygen atoms in total. The van der Waals surface area contributed by atoms with Gasteiger partial charge < -0.3 is 17.3 Å². The lowest BCUT2D eigenvalue weighted by Crippen LogP contribution is -2.51. The molecule has 1 heterocycles. The molecule has 0 unspecified atom stereocenters. The molecular formula is C5H11BF4N4. The fraction of sp³-hybridized carbons (Fsp3) is 0.800. The molecule has 9 heteroatoms. The van der Waals surface area contributed by atoms with Crippen LogP contribution in [0.2, 0.25) is 0 Å². The van der Waals surface area contributed by atoms with Crippen molar-refractivity contribution < 1.29 is 21.9 Å². The molecule has 0 aliphatic rings. The largest absolute Gasteiger partial charge is 0.673 e. The minimum atomic E-state index is -6.00. The first-order chi connectivity index (χ1) is 6.11. The SMILES string of the molecule is CC(C)(C)[n+]1cnn[nH]1.F[B-](F)(F)F. The second-order valence-corrected chi connectivity index (χ2v) is 3.47. The third kappa shape index (κ3) is 7.50. The number of tetrazole rings is 1. The molecule has 0 radical (unpaired) electrons. The highest BCUT2D eigenvalue weighted by molar-refractivity contribution is 6.50. The van der Waals surface area contributed by atoms with Crippen LogP contribution in [0.25, 0.3) is 0 Å². The van der Waals surface area contributed by atoms with Gasteiger partial charge in [0.25, 0.3) is 6.33 Å². The zero-order valence-corrected chi connectivity index (χ0v) is 8.01. The summed E-state index contributed by atoms with van der Waals surface area (Å²) in [4.78, 5) is 0. The van der Waals surface area contributed by atoms with Crippen molar-refractivity contribution in [3.05, 3.63) is 6.33 Å². The van der Waals surface area contributed by atoms with Crippen molar-refractivity contribution in [3.8, 4) is 0 Å². The normalized spacial score (nSPS) is 11.9. The minimum Gasteiger partial charge on any atom is -0.418 e. The van der Waals surface area contributed by atoms with Crippen LogP contribution >= 0.6 is 0 Å². The molecule has 0 saturated heterocycles. The van der Waals surface area contributed by atoms with E-state index in [0.29, 0.717) is 0 Å². The quantitative estimate of drug-likeness (QED) is 0.400. The van der Waals surface area contributed by atoms with Crippen molar-refractivity contribution in [3.63, 3.8) is 0 Å². The van der Waals surface area contributed by atoms with Crippen LogP contribution < -0.4 is 4.68 Å². The summed E-state index contributed by atoms with van der Waals surface area (Å²) in [7, 11) is -6.00. The number of aromatic nitrogens is 4. The minimum absolute atomic E-state index is 0.0590. The Kier molecular flexibility index (Phi) is 4.02. The highest BCUT2D eigenvalue weighted by Gasteiger charge is 2.20. The van der Waals surface area contributed by atoms with Crippen LogP contribution in [0.15, 0.2) is 6.33 Å².